The van der Waals surface area contributed by atoms with E-state index in [0.29, 0.717) is 18.4 Å². The number of aliphatic hydroxyl groups is 2. The van der Waals surface area contributed by atoms with E-state index in [1.807, 2.05) is 0 Å². The third-order valence-electron chi connectivity index (χ3n) is 15.6. The van der Waals surface area contributed by atoms with Crippen molar-refractivity contribution in [1.29, 1.82) is 0 Å². The smallest absolute Gasteiger partial charge is 0.329 e. The number of amides is 11. The molecule has 30 nitrogen and oxygen atoms in total. The van der Waals surface area contributed by atoms with Crippen molar-refractivity contribution in [3.63, 3.8) is 0 Å². The fourth-order valence-electron chi connectivity index (χ4n) is 9.15. The van der Waals surface area contributed by atoms with Crippen LogP contribution in [0.15, 0.2) is 35.3 Å². The number of hydrogen-bond acceptors (Lipinski definition) is 19. The number of benzene rings is 1. The molecule has 2 heterocycles. The number of carbonyl (C=O) groups is 13. The van der Waals surface area contributed by atoms with Gasteiger partial charge in [0.2, 0.25) is 64.9 Å². The minimum absolute atomic E-state index is 0.0152. The van der Waals surface area contributed by atoms with Crippen LogP contribution in [0.3, 0.4) is 0 Å². The molecule has 0 saturated carbocycles. The first-order chi connectivity index (χ1) is 41.0. The maximum atomic E-state index is 14.4. The molecule has 11 amide bonds. The number of hydrogen-bond donors (Lipinski definition) is 15. The van der Waals surface area contributed by atoms with Gasteiger partial charge in [-0.3, -0.25) is 62.5 Å². The lowest BCUT2D eigenvalue weighted by Gasteiger charge is -2.31. The summed E-state index contributed by atoms with van der Waals surface area (Å²) in [6.45, 7) is 14.0. The van der Waals surface area contributed by atoms with Crippen LogP contribution in [0.25, 0.3) is 0 Å². The number of aliphatic hydroxyl groups excluding tert-OH is 2. The molecule has 3 rings (SSSR count). The molecule has 0 spiro atoms. The van der Waals surface area contributed by atoms with Gasteiger partial charge in [0.15, 0.2) is 5.96 Å². The van der Waals surface area contributed by atoms with E-state index in [0.717, 1.165) is 0 Å². The van der Waals surface area contributed by atoms with Gasteiger partial charge in [-0.1, -0.05) is 111 Å². The largest absolute Gasteiger partial charge is 0.458 e. The average Bonchev–Trinajstić information content (AvgIpc) is 3.52. The molecule has 30 heteroatoms. The van der Waals surface area contributed by atoms with Crippen molar-refractivity contribution in [2.24, 2.45) is 40.1 Å². The van der Waals surface area contributed by atoms with E-state index in [2.05, 4.69) is 63.5 Å². The number of cyclic esters (lactones) is 1. The van der Waals surface area contributed by atoms with Gasteiger partial charge in [-0.05, 0) is 55.9 Å². The van der Waals surface area contributed by atoms with E-state index in [1.54, 1.807) is 85.7 Å². The highest BCUT2D eigenvalue weighted by atomic mass is 16.5. The van der Waals surface area contributed by atoms with Crippen LogP contribution in [0, 0.1) is 23.7 Å². The van der Waals surface area contributed by atoms with Crippen molar-refractivity contribution in [3.8, 4) is 0 Å². The summed E-state index contributed by atoms with van der Waals surface area (Å²) in [4.78, 5) is 181. The number of nitrogens with zero attached hydrogens (tertiary/aromatic N) is 1. The molecule has 1 aromatic rings. The van der Waals surface area contributed by atoms with E-state index in [9.17, 15) is 72.5 Å². The Kier molecular flexibility index (Phi) is 29.7. The number of Topliss-reactive ketones (excluding diaryl/α,β-unsaturated/α-hetero) is 1. The molecule has 1 aromatic carbocycles. The van der Waals surface area contributed by atoms with Gasteiger partial charge < -0.3 is 84.9 Å². The van der Waals surface area contributed by atoms with Crippen LogP contribution in [-0.2, 0) is 73.5 Å². The summed E-state index contributed by atoms with van der Waals surface area (Å²) >= 11 is 0. The second kappa shape index (κ2) is 35.4. The van der Waals surface area contributed by atoms with Crippen molar-refractivity contribution in [2.75, 3.05) is 19.8 Å². The number of ketones is 1. The van der Waals surface area contributed by atoms with Gasteiger partial charge in [0.25, 0.3) is 5.91 Å². The monoisotopic (exact) mass is 1230 g/mol. The second-order valence-electron chi connectivity index (χ2n) is 22.3. The minimum Gasteiger partial charge on any atom is -0.458 e. The second-order valence-corrected chi connectivity index (χ2v) is 22.3. The highest BCUT2D eigenvalue weighted by Gasteiger charge is 2.41. The number of ether oxygens (including phenoxy) is 1. The van der Waals surface area contributed by atoms with Gasteiger partial charge in [-0.2, -0.15) is 0 Å². The summed E-state index contributed by atoms with van der Waals surface area (Å²) < 4.78 is 5.72. The number of aliphatic imine (C=N–C) groups is 1. The number of nitrogens with two attached hydrogens (primary N) is 2. The molecule has 17 N–H and O–H groups in total. The van der Waals surface area contributed by atoms with Crippen LogP contribution in [0.5, 0.6) is 0 Å². The van der Waals surface area contributed by atoms with Crippen LogP contribution in [0.4, 0.5) is 0 Å². The Balaban J connectivity index is 1.84. The Hall–Kier alpha value is -8.28. The molecule has 1 saturated heterocycles. The first-order valence-corrected chi connectivity index (χ1v) is 29.4. The number of nitrogens with one attached hydrogen (secondary N) is 11. The maximum Gasteiger partial charge on any atom is 0.329 e. The van der Waals surface area contributed by atoms with Crippen molar-refractivity contribution in [3.05, 3.63) is 35.9 Å². The van der Waals surface area contributed by atoms with Crippen LogP contribution >= 0.6 is 0 Å². The van der Waals surface area contributed by atoms with Gasteiger partial charge in [0.05, 0.1) is 25.8 Å². The topological polar surface area (TPSA) is 468 Å². The molecule has 0 aliphatic carbocycles. The van der Waals surface area contributed by atoms with E-state index in [1.165, 1.54) is 13.8 Å². The van der Waals surface area contributed by atoms with Crippen molar-refractivity contribution in [2.45, 2.75) is 193 Å². The molecule has 2 aliphatic rings. The normalized spacial score (nSPS) is 22.4. The number of guanidine groups is 1. The van der Waals surface area contributed by atoms with Gasteiger partial charge >= 0.3 is 5.97 Å². The number of rotatable bonds is 31. The highest BCUT2D eigenvalue weighted by molar-refractivity contribution is 6.37. The lowest BCUT2D eigenvalue weighted by Crippen LogP contribution is -2.63. The average molecular weight is 1230 g/mol. The molecule has 0 aromatic heterocycles. The van der Waals surface area contributed by atoms with E-state index >= 15 is 0 Å². The lowest BCUT2D eigenvalue weighted by atomic mass is 9.94. The third kappa shape index (κ3) is 22.2. The molecule has 0 radical (unpaired) electrons. The third-order valence-corrected chi connectivity index (χ3v) is 15.6. The zero-order chi connectivity index (χ0) is 65.4. The predicted molar refractivity (Wildman–Crippen MR) is 314 cm³/mol. The first kappa shape index (κ1) is 73.0. The van der Waals surface area contributed by atoms with Crippen LogP contribution in [0.2, 0.25) is 0 Å². The summed E-state index contributed by atoms with van der Waals surface area (Å²) in [6, 6.07) is -7.25. The zero-order valence-corrected chi connectivity index (χ0v) is 51.1. The summed E-state index contributed by atoms with van der Waals surface area (Å²) in [7, 11) is 0. The fourth-order valence-corrected chi connectivity index (χ4v) is 9.15. The minimum atomic E-state index is -1.84. The summed E-state index contributed by atoms with van der Waals surface area (Å²) in [6.07, 6.45) is -1.50. The molecule has 1 fully saturated rings. The Labute approximate surface area is 505 Å². The Morgan fingerprint density at radius 3 is 1.64 bits per heavy atom. The molecule has 0 unspecified atom stereocenters. The Morgan fingerprint density at radius 2 is 1.14 bits per heavy atom. The molecule has 484 valence electrons. The van der Waals surface area contributed by atoms with Gasteiger partial charge in [0, 0.05) is 12.8 Å². The van der Waals surface area contributed by atoms with Crippen LogP contribution in [-0.4, -0.2) is 185 Å². The molecule has 87 heavy (non-hydrogen) atoms. The van der Waals surface area contributed by atoms with E-state index < -0.39 is 199 Å². The summed E-state index contributed by atoms with van der Waals surface area (Å²) in [5.74, 6) is -14.9. The Morgan fingerprint density at radius 1 is 0.632 bits per heavy atom. The van der Waals surface area contributed by atoms with Crippen LogP contribution < -0.4 is 70.0 Å². The molecule has 2 aliphatic heterocycles. The maximum absolute atomic E-state index is 14.4. The first-order valence-electron chi connectivity index (χ1n) is 29.4. The number of carbonyl (C=O) groups excluding carboxylic acids is 13. The highest BCUT2D eigenvalue weighted by Crippen LogP contribution is 2.17. The molecular formula is C57H90N14O16. The van der Waals surface area contributed by atoms with Crippen molar-refractivity contribution < 1.29 is 77.3 Å². The van der Waals surface area contributed by atoms with E-state index in [-0.39, 0.29) is 38.2 Å². The quantitative estimate of drug-likeness (QED) is 0.0247. The summed E-state index contributed by atoms with van der Waals surface area (Å²) in [5, 5.41) is 48.6. The molecule has 16 atom stereocenters. The predicted octanol–water partition coefficient (Wildman–Crippen LogP) is -4.28. The number of esters is 1. The van der Waals surface area contributed by atoms with Gasteiger partial charge in [-0.15, -0.1) is 0 Å². The zero-order valence-electron chi connectivity index (χ0n) is 51.1. The van der Waals surface area contributed by atoms with Gasteiger partial charge in [0.1, 0.15) is 66.5 Å². The van der Waals surface area contributed by atoms with Crippen LogP contribution in [0.1, 0.15) is 120 Å². The molecule has 0 bridgehead atoms. The number of primary amides is 1. The van der Waals surface area contributed by atoms with Crippen molar-refractivity contribution >= 4 is 82.7 Å². The fraction of sp³-hybridized carbons (Fsp3) is 0.649. The lowest BCUT2D eigenvalue weighted by molar-refractivity contribution is -0.157. The van der Waals surface area contributed by atoms with Gasteiger partial charge in [-0.25, -0.2) is 4.79 Å². The molecular weight excluding hydrogens is 1140 g/mol. The summed E-state index contributed by atoms with van der Waals surface area (Å²) in [5.41, 5.74) is 11.7. The Bertz CT molecular complexity index is 2650. The SMILES string of the molecule is CC[C@H](C)[C@H](NC(=O)C(=O)Cc1ccccc1)C(=O)N[C@@H](CO)C(=O)N[C@H](CCC(N)=O)C(=O)N[C@@H](C(=O)N[C@H](C(=O)N[C@@H](CO)C(=O)N[C@H]1C(=O)N[C@@H](C)C(=O)N[C@@H](C[C@H]2CN=C(N)N2)C(=O)N[C@@H]([C@@H](C)CC)C(=O)O[C@H]1C)[C@@H](C)CC)[C@@H](C)CC. The van der Waals surface area contributed by atoms with Crippen molar-refractivity contribution in [1.82, 2.24) is 58.5 Å². The van der Waals surface area contributed by atoms with E-state index in [4.69, 9.17) is 16.2 Å². The standard InChI is InChI=1S/C57H90N14O16/c1-11-27(5)41(68-51(81)39(74)22-33-18-16-15-17-19-33)52(82)65-37(25-72)49(79)63-35(20-21-40(58)75)47(77)67-43(29(7)13-3)54(84)69-42(28(6)12-2)53(83)66-38(26-73)50(80)71-45-32(10)87-56(86)44(30(8)14-4)70-48(78)36(23-34-24-60-57(59)62-34)64-46(76)31(9)61-55(45)85/h15-19,27-32,34-38,41-45,72-73H,11-14,20-26H2,1-10H3,(H2,58,75)(H,61,85)(H,63,79)(H,64,76)(H,65,82)(H,66,83)(H,67,77)(H,68,81)(H,69,84)(H,70,78)(H,71,80)(H3,59,60,62)/t27-,28-,29-,30-,31-,32-,34-,35+,36-,37-,38-,41-,42-,43+,44-,45+/m0/s1.